The van der Waals surface area contributed by atoms with Crippen LogP contribution in [0.3, 0.4) is 0 Å². The summed E-state index contributed by atoms with van der Waals surface area (Å²) in [5.41, 5.74) is -0.816. The number of hydrogen-bond acceptors (Lipinski definition) is 18. The zero-order chi connectivity index (χ0) is 47.1. The monoisotopic (exact) mass is 902 g/mol. The van der Waals surface area contributed by atoms with Gasteiger partial charge in [-0.05, 0) is 74.1 Å². The summed E-state index contributed by atoms with van der Waals surface area (Å²) in [6.45, 7) is 13.4. The Morgan fingerprint density at radius 3 is 2.08 bits per heavy atom. The van der Waals surface area contributed by atoms with Gasteiger partial charge in [-0.25, -0.2) is 0 Å². The Bertz CT molecular complexity index is 1540. The second kappa shape index (κ2) is 23.5. The summed E-state index contributed by atoms with van der Waals surface area (Å²) in [7, 11) is 6.42. The van der Waals surface area contributed by atoms with E-state index in [2.05, 4.69) is 0 Å². The molecule has 4 rings (SSSR count). The first-order valence-corrected chi connectivity index (χ1v) is 22.1. The van der Waals surface area contributed by atoms with Crippen LogP contribution in [0, 0.1) is 23.7 Å². The van der Waals surface area contributed by atoms with Gasteiger partial charge in [0, 0.05) is 44.8 Å². The van der Waals surface area contributed by atoms with E-state index in [9.17, 15) is 39.9 Å². The first kappa shape index (κ1) is 53.3. The molecule has 3 fully saturated rings. The average Bonchev–Trinajstić information content (AvgIpc) is 3.20. The van der Waals surface area contributed by atoms with Crippen molar-refractivity contribution in [1.82, 2.24) is 4.90 Å². The van der Waals surface area contributed by atoms with Gasteiger partial charge in [0.1, 0.15) is 49.0 Å². The van der Waals surface area contributed by atoms with Gasteiger partial charge in [-0.2, -0.15) is 0 Å². The molecule has 21 unspecified atom stereocenters. The van der Waals surface area contributed by atoms with Gasteiger partial charge in [-0.15, -0.1) is 0 Å². The number of ketones is 1. The number of aliphatic hydroxyl groups excluding tert-OH is 4. The second-order valence-electron chi connectivity index (χ2n) is 18.5. The second-order valence-corrected chi connectivity index (χ2v) is 18.5. The smallest absolute Gasteiger partial charge is 0.308 e. The lowest BCUT2D eigenvalue weighted by Crippen LogP contribution is -2.65. The predicted octanol–water partition coefficient (Wildman–Crippen LogP) is 1.44. The molecule has 3 saturated heterocycles. The molecule has 0 aromatic rings. The minimum absolute atomic E-state index is 0.0191. The molecule has 0 radical (unpaired) electrons. The molecular formula is C45H75NO17. The molecule has 0 spiro atoms. The lowest BCUT2D eigenvalue weighted by molar-refractivity contribution is -0.341. The number of aliphatic hydroxyl groups is 5. The van der Waals surface area contributed by atoms with Crippen LogP contribution < -0.4 is 0 Å². The van der Waals surface area contributed by atoms with Crippen molar-refractivity contribution >= 4 is 18.0 Å². The molecule has 21 atom stereocenters. The van der Waals surface area contributed by atoms with Gasteiger partial charge < -0.3 is 77.9 Å². The normalized spacial score (nSPS) is 46.5. The lowest BCUT2D eigenvalue weighted by atomic mass is 9.79. The molecule has 0 aromatic carbocycles. The number of methoxy groups -OCH3 is 2. The highest BCUT2D eigenvalue weighted by atomic mass is 16.7. The molecule has 0 aliphatic carbocycles. The molecule has 0 amide bonds. The zero-order valence-electron chi connectivity index (χ0n) is 39.0. The van der Waals surface area contributed by atoms with Crippen LogP contribution in [-0.4, -0.2) is 187 Å². The number of nitrogens with zero attached hydrogens (tertiary/aromatic N) is 1. The van der Waals surface area contributed by atoms with E-state index in [4.69, 9.17) is 42.6 Å². The van der Waals surface area contributed by atoms with Crippen LogP contribution in [-0.2, 0) is 57.0 Å². The van der Waals surface area contributed by atoms with Crippen LogP contribution >= 0.6 is 0 Å². The third-order valence-electron chi connectivity index (χ3n) is 13.2. The van der Waals surface area contributed by atoms with E-state index in [0.717, 1.165) is 0 Å². The fraction of sp³-hybridized carbons (Fsp3) is 0.844. The fourth-order valence-corrected chi connectivity index (χ4v) is 9.22. The molecule has 0 bridgehead atoms. The van der Waals surface area contributed by atoms with Crippen molar-refractivity contribution in [1.29, 1.82) is 0 Å². The molecular weight excluding hydrogens is 826 g/mol. The fourth-order valence-electron chi connectivity index (χ4n) is 9.22. The highest BCUT2D eigenvalue weighted by Gasteiger charge is 2.52. The van der Waals surface area contributed by atoms with Crippen LogP contribution in [0.4, 0.5) is 0 Å². The number of hydrogen-bond donors (Lipinski definition) is 5. The van der Waals surface area contributed by atoms with Crippen molar-refractivity contribution in [2.75, 3.05) is 34.9 Å². The Morgan fingerprint density at radius 1 is 0.825 bits per heavy atom. The van der Waals surface area contributed by atoms with E-state index < -0.39 is 140 Å². The van der Waals surface area contributed by atoms with Crippen molar-refractivity contribution < 1.29 is 82.5 Å². The quantitative estimate of drug-likeness (QED) is 0.138. The van der Waals surface area contributed by atoms with Crippen molar-refractivity contribution in [2.24, 2.45) is 23.7 Å². The van der Waals surface area contributed by atoms with E-state index in [1.165, 1.54) is 27.2 Å². The number of esters is 1. The maximum atomic E-state index is 13.7. The molecule has 0 saturated carbocycles. The highest BCUT2D eigenvalue weighted by molar-refractivity contribution is 5.91. The average molecular weight is 902 g/mol. The number of carbonyl (C=O) groups is 3. The third-order valence-corrected chi connectivity index (χ3v) is 13.2. The van der Waals surface area contributed by atoms with Crippen molar-refractivity contribution in [3.63, 3.8) is 0 Å². The molecule has 4 aliphatic rings. The number of aldehydes is 1. The molecule has 18 nitrogen and oxygen atoms in total. The Balaban J connectivity index is 1.60. The van der Waals surface area contributed by atoms with Gasteiger partial charge in [0.2, 0.25) is 0 Å². The lowest BCUT2D eigenvalue weighted by Gasteiger charge is -2.50. The van der Waals surface area contributed by atoms with Gasteiger partial charge in [-0.1, -0.05) is 31.6 Å². The Morgan fingerprint density at radius 2 is 1.48 bits per heavy atom. The van der Waals surface area contributed by atoms with Crippen LogP contribution in [0.15, 0.2) is 23.8 Å². The third kappa shape index (κ3) is 13.4. The minimum atomic E-state index is -1.49. The summed E-state index contributed by atoms with van der Waals surface area (Å²) in [5.74, 6) is -3.62. The van der Waals surface area contributed by atoms with Crippen molar-refractivity contribution in [3.8, 4) is 0 Å². The molecule has 362 valence electrons. The van der Waals surface area contributed by atoms with Gasteiger partial charge >= 0.3 is 5.97 Å². The first-order chi connectivity index (χ1) is 29.5. The first-order valence-electron chi connectivity index (χ1n) is 22.1. The highest BCUT2D eigenvalue weighted by Crippen LogP contribution is 2.37. The number of cyclic esters (lactones) is 1. The Hall–Kier alpha value is -2.27. The van der Waals surface area contributed by atoms with Crippen LogP contribution in [0.25, 0.3) is 0 Å². The number of ether oxygens (including phenoxy) is 9. The number of likely N-dealkylation sites (N-methyl/N-ethyl adjacent to an activating group) is 1. The van der Waals surface area contributed by atoms with E-state index in [-0.39, 0.29) is 31.7 Å². The summed E-state index contributed by atoms with van der Waals surface area (Å²) < 4.78 is 54.3. The number of rotatable bonds is 12. The van der Waals surface area contributed by atoms with Crippen LogP contribution in [0.1, 0.15) is 81.1 Å². The minimum Gasteiger partial charge on any atom is -0.462 e. The maximum absolute atomic E-state index is 13.7. The topological polar surface area (TPSA) is 239 Å². The molecule has 18 heteroatoms. The van der Waals surface area contributed by atoms with Crippen molar-refractivity contribution in [2.45, 2.75) is 185 Å². The predicted molar refractivity (Wildman–Crippen MR) is 226 cm³/mol. The summed E-state index contributed by atoms with van der Waals surface area (Å²) >= 11 is 0. The van der Waals surface area contributed by atoms with E-state index in [1.54, 1.807) is 73.5 Å². The van der Waals surface area contributed by atoms with Gasteiger partial charge in [0.05, 0.1) is 55.2 Å². The van der Waals surface area contributed by atoms with E-state index in [0.29, 0.717) is 11.9 Å². The zero-order valence-corrected chi connectivity index (χ0v) is 39.0. The Kier molecular flexibility index (Phi) is 19.9. The summed E-state index contributed by atoms with van der Waals surface area (Å²) in [4.78, 5) is 41.3. The van der Waals surface area contributed by atoms with E-state index in [1.807, 2.05) is 6.08 Å². The van der Waals surface area contributed by atoms with E-state index >= 15 is 0 Å². The molecule has 4 aliphatic heterocycles. The Labute approximate surface area is 372 Å². The SMILES string of the molecule is COC1C(OCC2/C=C(C)\C=C\C(=O)C(C)CC(CC=O)C(OC3OC(C)C(OC4CC(C)(O)C(O)C(C)O4)C(N(C)C)C3O)C(C)C(O)CC(=O)OC2C)OC(C)C(O)C1OC. The van der Waals surface area contributed by atoms with Gasteiger partial charge in [0.25, 0.3) is 0 Å². The molecule has 63 heavy (non-hydrogen) atoms. The van der Waals surface area contributed by atoms with Crippen LogP contribution in [0.5, 0.6) is 0 Å². The van der Waals surface area contributed by atoms with Gasteiger partial charge in [0.15, 0.2) is 24.7 Å². The van der Waals surface area contributed by atoms with Crippen molar-refractivity contribution in [3.05, 3.63) is 23.8 Å². The summed E-state index contributed by atoms with van der Waals surface area (Å²) in [6, 6.07) is -0.748. The number of carbonyl (C=O) groups excluding carboxylic acids is 3. The standard InChI is InChI=1S/C45H75NO17/c1-22-13-14-31(48)23(2)18-29(15-16-47)38(63-43-37(52)35(46(9)10)39(27(6)61-43)62-34-20-45(8,54)42(53)28(7)59-34)24(3)32(49)19-33(50)58-25(4)30(17-22)21-57-44-41(56-12)40(55-11)36(51)26(5)60-44/h13-14,16-17,23-30,32,34-44,49,51-54H,15,18-21H2,1-12H3/b14-13+,22-17-. The number of allylic oxidation sites excluding steroid dienone is 3. The van der Waals surface area contributed by atoms with Crippen LogP contribution in [0.2, 0.25) is 0 Å². The molecule has 4 heterocycles. The van der Waals surface area contributed by atoms with Gasteiger partial charge in [-0.3, -0.25) is 9.59 Å². The maximum Gasteiger partial charge on any atom is 0.308 e. The summed E-state index contributed by atoms with van der Waals surface area (Å²) in [6.07, 6.45) is -8.96. The molecule has 5 N–H and O–H groups in total. The summed E-state index contributed by atoms with van der Waals surface area (Å²) in [5, 5.41) is 55.6. The largest absolute Gasteiger partial charge is 0.462 e. The molecule has 0 aromatic heterocycles.